The molecule has 1 heterocycles. The fourth-order valence-corrected chi connectivity index (χ4v) is 1.67. The minimum absolute atomic E-state index is 0.0890. The molecule has 0 aliphatic carbocycles. The van der Waals surface area contributed by atoms with Gasteiger partial charge >= 0.3 is 0 Å². The van der Waals surface area contributed by atoms with Gasteiger partial charge in [0.25, 0.3) is 5.91 Å². The number of ether oxygens (including phenoxy) is 1. The first-order chi connectivity index (χ1) is 9.10. The minimum atomic E-state index is -0.384. The summed E-state index contributed by atoms with van der Waals surface area (Å²) in [5.74, 6) is 1.48. The van der Waals surface area contributed by atoms with Crippen molar-refractivity contribution in [3.63, 3.8) is 0 Å². The first-order valence-electron chi connectivity index (χ1n) is 5.80. The zero-order valence-corrected chi connectivity index (χ0v) is 10.8. The lowest BCUT2D eigenvalue weighted by Gasteiger charge is -2.07. The van der Waals surface area contributed by atoms with Crippen molar-refractivity contribution in [1.29, 1.82) is 0 Å². The summed E-state index contributed by atoms with van der Waals surface area (Å²) >= 11 is 0. The monoisotopic (exact) mass is 261 g/mol. The number of furan rings is 1. The Morgan fingerprint density at radius 3 is 2.79 bits per heavy atom. The number of aromatic hydroxyl groups is 1. The molecule has 0 radical (unpaired) electrons. The number of nitrogens with one attached hydrogen (secondary N) is 1. The predicted molar refractivity (Wildman–Crippen MR) is 69.3 cm³/mol. The van der Waals surface area contributed by atoms with Gasteiger partial charge in [-0.05, 0) is 37.3 Å². The van der Waals surface area contributed by atoms with Gasteiger partial charge in [0, 0.05) is 0 Å². The van der Waals surface area contributed by atoms with Gasteiger partial charge in [-0.2, -0.15) is 0 Å². The molecule has 1 aromatic heterocycles. The lowest BCUT2D eigenvalue weighted by molar-refractivity contribution is 0.0945. The Bertz CT molecular complexity index is 589. The lowest BCUT2D eigenvalue weighted by Crippen LogP contribution is -2.22. The van der Waals surface area contributed by atoms with Crippen LogP contribution in [0.3, 0.4) is 0 Å². The molecule has 100 valence electrons. The average molecular weight is 261 g/mol. The molecule has 0 saturated heterocycles. The maximum atomic E-state index is 11.9. The van der Waals surface area contributed by atoms with E-state index in [2.05, 4.69) is 5.32 Å². The number of aryl methyl sites for hydroxylation is 1. The average Bonchev–Trinajstić information content (AvgIpc) is 2.82. The highest BCUT2D eigenvalue weighted by Crippen LogP contribution is 2.22. The van der Waals surface area contributed by atoms with E-state index in [0.29, 0.717) is 11.5 Å². The number of hydrogen-bond acceptors (Lipinski definition) is 4. The van der Waals surface area contributed by atoms with E-state index < -0.39 is 0 Å². The van der Waals surface area contributed by atoms with Crippen molar-refractivity contribution in [2.24, 2.45) is 0 Å². The number of amides is 1. The summed E-state index contributed by atoms with van der Waals surface area (Å²) in [7, 11) is 1.50. The van der Waals surface area contributed by atoms with Crippen LogP contribution in [0.15, 0.2) is 34.7 Å². The second-order valence-electron chi connectivity index (χ2n) is 4.08. The highest BCUT2D eigenvalue weighted by molar-refractivity contribution is 5.97. The van der Waals surface area contributed by atoms with Crippen LogP contribution in [0.1, 0.15) is 21.9 Å². The number of hydrogen-bond donors (Lipinski definition) is 2. The van der Waals surface area contributed by atoms with Crippen LogP contribution in [0, 0.1) is 6.92 Å². The van der Waals surface area contributed by atoms with Crippen molar-refractivity contribution < 1.29 is 19.1 Å². The Morgan fingerprint density at radius 2 is 2.16 bits per heavy atom. The van der Waals surface area contributed by atoms with Crippen LogP contribution < -0.4 is 10.1 Å². The van der Waals surface area contributed by atoms with Gasteiger partial charge < -0.3 is 19.6 Å². The van der Waals surface area contributed by atoms with Crippen molar-refractivity contribution in [3.05, 3.63) is 47.4 Å². The Hall–Kier alpha value is -2.43. The number of rotatable bonds is 4. The number of carbonyl (C=O) groups is 1. The van der Waals surface area contributed by atoms with Crippen molar-refractivity contribution in [2.75, 3.05) is 7.11 Å². The molecule has 5 heteroatoms. The molecule has 0 unspecified atom stereocenters. The first kappa shape index (κ1) is 13.0. The van der Waals surface area contributed by atoms with Gasteiger partial charge in [0.1, 0.15) is 23.0 Å². The highest BCUT2D eigenvalue weighted by atomic mass is 16.5. The summed E-state index contributed by atoms with van der Waals surface area (Å²) in [5, 5.41) is 12.3. The smallest absolute Gasteiger partial charge is 0.255 e. The van der Waals surface area contributed by atoms with Crippen LogP contribution in [0.5, 0.6) is 11.5 Å². The van der Waals surface area contributed by atoms with E-state index in [0.717, 1.165) is 5.76 Å². The van der Waals surface area contributed by atoms with E-state index in [4.69, 9.17) is 9.15 Å². The van der Waals surface area contributed by atoms with Gasteiger partial charge in [0.15, 0.2) is 0 Å². The highest BCUT2D eigenvalue weighted by Gasteiger charge is 2.12. The van der Waals surface area contributed by atoms with E-state index in [1.807, 2.05) is 13.0 Å². The summed E-state index contributed by atoms with van der Waals surface area (Å²) < 4.78 is 10.4. The Morgan fingerprint density at radius 1 is 1.37 bits per heavy atom. The molecule has 0 bridgehead atoms. The van der Waals surface area contributed by atoms with Gasteiger partial charge in [-0.25, -0.2) is 0 Å². The Balaban J connectivity index is 2.07. The number of phenolic OH excluding ortho intramolecular Hbond substituents is 1. The topological polar surface area (TPSA) is 71.7 Å². The molecule has 19 heavy (non-hydrogen) atoms. The van der Waals surface area contributed by atoms with Crippen molar-refractivity contribution >= 4 is 5.91 Å². The molecular weight excluding hydrogens is 246 g/mol. The Labute approximate surface area is 110 Å². The largest absolute Gasteiger partial charge is 0.507 e. The van der Waals surface area contributed by atoms with Gasteiger partial charge in [-0.1, -0.05) is 0 Å². The van der Waals surface area contributed by atoms with Crippen molar-refractivity contribution in [3.8, 4) is 11.5 Å². The molecular formula is C14H15NO4. The van der Waals surface area contributed by atoms with Crippen LogP contribution in [-0.4, -0.2) is 18.1 Å². The second-order valence-corrected chi connectivity index (χ2v) is 4.08. The molecule has 2 aromatic rings. The Kier molecular flexibility index (Phi) is 3.75. The minimum Gasteiger partial charge on any atom is -0.507 e. The van der Waals surface area contributed by atoms with Gasteiger partial charge in [0.05, 0.1) is 19.2 Å². The van der Waals surface area contributed by atoms with Gasteiger partial charge in [-0.15, -0.1) is 0 Å². The number of benzene rings is 1. The number of carbonyl (C=O) groups excluding carboxylic acids is 1. The molecule has 0 aliphatic rings. The molecule has 1 amide bonds. The molecule has 0 atom stereocenters. The van der Waals surface area contributed by atoms with E-state index in [-0.39, 0.29) is 23.8 Å². The summed E-state index contributed by atoms with van der Waals surface area (Å²) in [6.45, 7) is 2.10. The SMILES string of the molecule is COc1ccc(O)c(C(=O)NCc2ccc(C)o2)c1. The molecule has 2 N–H and O–H groups in total. The van der Waals surface area contributed by atoms with Crippen LogP contribution in [0.4, 0.5) is 0 Å². The summed E-state index contributed by atoms with van der Waals surface area (Å²) in [4.78, 5) is 11.9. The van der Waals surface area contributed by atoms with Gasteiger partial charge in [-0.3, -0.25) is 4.79 Å². The summed E-state index contributed by atoms with van der Waals surface area (Å²) in [5.41, 5.74) is 0.169. The quantitative estimate of drug-likeness (QED) is 0.885. The van der Waals surface area contributed by atoms with E-state index in [1.165, 1.54) is 19.2 Å². The molecule has 1 aromatic carbocycles. The second kappa shape index (κ2) is 5.48. The van der Waals surface area contributed by atoms with Crippen molar-refractivity contribution in [2.45, 2.75) is 13.5 Å². The van der Waals surface area contributed by atoms with E-state index in [9.17, 15) is 9.90 Å². The van der Waals surface area contributed by atoms with Crippen LogP contribution >= 0.6 is 0 Å². The van der Waals surface area contributed by atoms with E-state index >= 15 is 0 Å². The maximum absolute atomic E-state index is 11.9. The molecule has 0 aliphatic heterocycles. The van der Waals surface area contributed by atoms with Crippen LogP contribution in [0.25, 0.3) is 0 Å². The molecule has 0 saturated carbocycles. The lowest BCUT2D eigenvalue weighted by atomic mass is 10.1. The third kappa shape index (κ3) is 3.07. The fraction of sp³-hybridized carbons (Fsp3) is 0.214. The zero-order chi connectivity index (χ0) is 13.8. The maximum Gasteiger partial charge on any atom is 0.255 e. The van der Waals surface area contributed by atoms with Crippen LogP contribution in [0.2, 0.25) is 0 Å². The molecule has 0 spiro atoms. The fourth-order valence-electron chi connectivity index (χ4n) is 1.67. The summed E-state index contributed by atoms with van der Waals surface area (Å²) in [6, 6.07) is 8.11. The standard InChI is InChI=1S/C14H15NO4/c1-9-3-4-11(19-9)8-15-14(17)12-7-10(18-2)5-6-13(12)16/h3-7,16H,8H2,1-2H3,(H,15,17). The van der Waals surface area contributed by atoms with Crippen LogP contribution in [-0.2, 0) is 6.54 Å². The number of phenols is 1. The van der Waals surface area contributed by atoms with Crippen molar-refractivity contribution in [1.82, 2.24) is 5.32 Å². The first-order valence-corrected chi connectivity index (χ1v) is 5.80. The number of methoxy groups -OCH3 is 1. The summed E-state index contributed by atoms with van der Waals surface area (Å²) in [6.07, 6.45) is 0. The normalized spacial score (nSPS) is 10.2. The third-order valence-corrected chi connectivity index (χ3v) is 2.67. The van der Waals surface area contributed by atoms with E-state index in [1.54, 1.807) is 12.1 Å². The molecule has 0 fully saturated rings. The molecule has 2 rings (SSSR count). The zero-order valence-electron chi connectivity index (χ0n) is 10.8. The third-order valence-electron chi connectivity index (χ3n) is 2.67. The predicted octanol–water partition coefficient (Wildman–Crippen LogP) is 2.23. The molecule has 5 nitrogen and oxygen atoms in total. The van der Waals surface area contributed by atoms with Gasteiger partial charge in [0.2, 0.25) is 0 Å².